The summed E-state index contributed by atoms with van der Waals surface area (Å²) in [7, 11) is 1.97. The number of alkyl halides is 3. The lowest BCUT2D eigenvalue weighted by Crippen LogP contribution is -2.47. The van der Waals surface area contributed by atoms with E-state index in [4.69, 9.17) is 0 Å². The fourth-order valence-electron chi connectivity index (χ4n) is 3.54. The van der Waals surface area contributed by atoms with Crippen LogP contribution in [0.15, 0.2) is 30.6 Å². The Kier molecular flexibility index (Phi) is 7.94. The van der Waals surface area contributed by atoms with Gasteiger partial charge in [-0.15, -0.1) is 23.4 Å². The van der Waals surface area contributed by atoms with Crippen LogP contribution in [0.1, 0.15) is 16.1 Å². The summed E-state index contributed by atoms with van der Waals surface area (Å²) >= 11 is 1.06. The van der Waals surface area contributed by atoms with Crippen molar-refractivity contribution in [2.24, 2.45) is 0 Å². The summed E-state index contributed by atoms with van der Waals surface area (Å²) in [5.41, 5.74) is 0.849. The molecule has 0 atom stereocenters. The van der Waals surface area contributed by atoms with E-state index in [1.807, 2.05) is 11.9 Å². The number of carbonyl (C=O) groups excluding carboxylic acids is 2. The Morgan fingerprint density at radius 2 is 1.81 bits per heavy atom. The first-order valence-corrected chi connectivity index (χ1v) is 11.9. The zero-order valence-electron chi connectivity index (χ0n) is 19.9. The molecular weight excluding hydrogens is 513 g/mol. The second-order valence-corrected chi connectivity index (χ2v) is 9.22. The Morgan fingerprint density at radius 3 is 2.51 bits per heavy atom. The monoisotopic (exact) mass is 536 g/mol. The highest BCUT2D eigenvalue weighted by molar-refractivity contribution is 7.18. The van der Waals surface area contributed by atoms with Crippen molar-refractivity contribution in [2.45, 2.75) is 13.3 Å². The lowest BCUT2D eigenvalue weighted by molar-refractivity contribution is -0.274. The molecule has 1 fully saturated rings. The van der Waals surface area contributed by atoms with Gasteiger partial charge in [-0.05, 0) is 32.2 Å². The number of hydrogen-bond acceptors (Lipinski definition) is 10. The number of likely N-dealkylation sites (N-methyl/N-ethyl adjacent to an activating group) is 1. The zero-order valence-corrected chi connectivity index (χ0v) is 20.7. The number of nitrogens with zero attached hydrogens (tertiary/aromatic N) is 6. The minimum atomic E-state index is -4.98. The molecule has 0 saturated carbocycles. The fraction of sp³-hybridized carbons (Fsp3) is 0.364. The van der Waals surface area contributed by atoms with Gasteiger partial charge < -0.3 is 15.0 Å². The zero-order chi connectivity index (χ0) is 26.6. The molecule has 3 heterocycles. The molecule has 1 aromatic carbocycles. The molecule has 0 bridgehead atoms. The van der Waals surface area contributed by atoms with E-state index >= 15 is 0 Å². The van der Waals surface area contributed by atoms with Gasteiger partial charge in [-0.1, -0.05) is 11.3 Å². The smallest absolute Gasteiger partial charge is 0.404 e. The number of rotatable bonds is 7. The third kappa shape index (κ3) is 7.18. The molecule has 0 unspecified atom stereocenters. The standard InChI is InChI=1S/C22H23F3N8O3S/c1-13-18(27-6-5-26-13)20-30-31-21(37-20)29-19(35)14-3-4-16(36-22(23,24)25)15(11-14)28-17(34)12-33-9-7-32(2)8-10-33/h3-6,11H,7-10,12H2,1-2H3,(H,28,34)(H,29,31,35). The Morgan fingerprint density at radius 1 is 1.08 bits per heavy atom. The van der Waals surface area contributed by atoms with E-state index in [1.165, 1.54) is 12.4 Å². The second kappa shape index (κ2) is 11.1. The molecule has 0 spiro atoms. The van der Waals surface area contributed by atoms with Crippen molar-refractivity contribution in [2.75, 3.05) is 50.4 Å². The van der Waals surface area contributed by atoms with Gasteiger partial charge in [0.15, 0.2) is 10.8 Å². The van der Waals surface area contributed by atoms with Gasteiger partial charge >= 0.3 is 6.36 Å². The predicted octanol–water partition coefficient (Wildman–Crippen LogP) is 2.64. The van der Waals surface area contributed by atoms with Crippen LogP contribution in [-0.4, -0.2) is 87.9 Å². The number of benzene rings is 1. The number of piperazine rings is 1. The number of hydrogen-bond donors (Lipinski definition) is 2. The van der Waals surface area contributed by atoms with Crippen LogP contribution in [0.3, 0.4) is 0 Å². The summed E-state index contributed by atoms with van der Waals surface area (Å²) < 4.78 is 42.9. The first-order valence-electron chi connectivity index (χ1n) is 11.1. The molecular formula is C22H23F3N8O3S. The minimum Gasteiger partial charge on any atom is -0.404 e. The molecule has 37 heavy (non-hydrogen) atoms. The van der Waals surface area contributed by atoms with E-state index in [-0.39, 0.29) is 22.9 Å². The Bertz CT molecular complexity index is 1280. The predicted molar refractivity (Wildman–Crippen MR) is 129 cm³/mol. The van der Waals surface area contributed by atoms with Crippen LogP contribution in [0.2, 0.25) is 0 Å². The molecule has 3 aromatic rings. The Labute approximate surface area is 213 Å². The van der Waals surface area contributed by atoms with Gasteiger partial charge in [0.05, 0.1) is 17.9 Å². The highest BCUT2D eigenvalue weighted by atomic mass is 32.1. The number of amides is 2. The number of nitrogens with one attached hydrogen (secondary N) is 2. The van der Waals surface area contributed by atoms with Crippen molar-refractivity contribution in [1.82, 2.24) is 30.0 Å². The molecule has 1 aliphatic heterocycles. The number of halogens is 3. The van der Waals surface area contributed by atoms with Crippen LogP contribution < -0.4 is 15.4 Å². The maximum Gasteiger partial charge on any atom is 0.573 e. The lowest BCUT2D eigenvalue weighted by atomic mass is 10.1. The third-order valence-electron chi connectivity index (χ3n) is 5.43. The van der Waals surface area contributed by atoms with Crippen molar-refractivity contribution in [1.29, 1.82) is 0 Å². The second-order valence-electron chi connectivity index (χ2n) is 8.24. The van der Waals surface area contributed by atoms with E-state index in [0.717, 1.165) is 42.6 Å². The number of aromatic nitrogens is 4. The minimum absolute atomic E-state index is 0.00885. The quantitative estimate of drug-likeness (QED) is 0.469. The summed E-state index contributed by atoms with van der Waals surface area (Å²) in [5, 5.41) is 13.5. The van der Waals surface area contributed by atoms with E-state index in [2.05, 4.69) is 40.4 Å². The highest BCUT2D eigenvalue weighted by Gasteiger charge is 2.33. The molecule has 1 saturated heterocycles. The summed E-state index contributed by atoms with van der Waals surface area (Å²) in [6.07, 6.45) is -1.94. The van der Waals surface area contributed by atoms with Crippen molar-refractivity contribution in [3.8, 4) is 16.5 Å². The van der Waals surface area contributed by atoms with Gasteiger partial charge in [-0.25, -0.2) is 0 Å². The van der Waals surface area contributed by atoms with E-state index in [1.54, 1.807) is 6.92 Å². The van der Waals surface area contributed by atoms with Crippen molar-refractivity contribution < 1.29 is 27.5 Å². The molecule has 196 valence electrons. The molecule has 11 nitrogen and oxygen atoms in total. The Balaban J connectivity index is 1.49. The van der Waals surface area contributed by atoms with Crippen molar-refractivity contribution in [3.63, 3.8) is 0 Å². The van der Waals surface area contributed by atoms with E-state index in [9.17, 15) is 22.8 Å². The van der Waals surface area contributed by atoms with Gasteiger partial charge in [0, 0.05) is 44.1 Å². The van der Waals surface area contributed by atoms with Crippen LogP contribution in [0.4, 0.5) is 24.0 Å². The molecule has 15 heteroatoms. The van der Waals surface area contributed by atoms with Crippen molar-refractivity contribution in [3.05, 3.63) is 41.9 Å². The number of anilines is 2. The molecule has 2 aromatic heterocycles. The average Bonchev–Trinajstić information content (AvgIpc) is 3.29. The average molecular weight is 537 g/mol. The van der Waals surface area contributed by atoms with Gasteiger partial charge in [0.25, 0.3) is 5.91 Å². The lowest BCUT2D eigenvalue weighted by Gasteiger charge is -2.31. The number of aryl methyl sites for hydroxylation is 1. The normalized spacial score (nSPS) is 14.8. The maximum atomic E-state index is 12.9. The summed E-state index contributed by atoms with van der Waals surface area (Å²) in [6.45, 7) is 4.59. The molecule has 0 aliphatic carbocycles. The van der Waals surface area contributed by atoms with Gasteiger partial charge in [0.1, 0.15) is 5.69 Å². The highest BCUT2D eigenvalue weighted by Crippen LogP contribution is 2.32. The SMILES string of the molecule is Cc1nccnc1-c1nnc(NC(=O)c2ccc(OC(F)(F)F)c(NC(=O)CN3CCN(C)CC3)c2)s1. The number of ether oxygens (including phenoxy) is 1. The molecule has 0 radical (unpaired) electrons. The van der Waals surface area contributed by atoms with Crippen LogP contribution in [-0.2, 0) is 4.79 Å². The van der Waals surface area contributed by atoms with Gasteiger partial charge in [0.2, 0.25) is 11.0 Å². The largest absolute Gasteiger partial charge is 0.573 e. The van der Waals surface area contributed by atoms with Crippen LogP contribution in [0, 0.1) is 6.92 Å². The van der Waals surface area contributed by atoms with E-state index in [0.29, 0.717) is 29.5 Å². The maximum absolute atomic E-state index is 12.9. The van der Waals surface area contributed by atoms with Crippen molar-refractivity contribution >= 4 is 34.0 Å². The van der Waals surface area contributed by atoms with Gasteiger partial charge in [-0.2, -0.15) is 0 Å². The summed E-state index contributed by atoms with van der Waals surface area (Å²) in [4.78, 5) is 37.8. The molecule has 1 aliphatic rings. The van der Waals surface area contributed by atoms with Crippen LogP contribution in [0.5, 0.6) is 5.75 Å². The molecule has 4 rings (SSSR count). The first kappa shape index (κ1) is 26.4. The van der Waals surface area contributed by atoms with Crippen LogP contribution >= 0.6 is 11.3 Å². The molecule has 2 amide bonds. The topological polar surface area (TPSA) is 125 Å². The molecule has 2 N–H and O–H groups in total. The van der Waals surface area contributed by atoms with E-state index < -0.39 is 23.9 Å². The summed E-state index contributed by atoms with van der Waals surface area (Å²) in [6, 6.07) is 3.25. The Hall–Kier alpha value is -3.69. The first-order chi connectivity index (χ1) is 17.6. The summed E-state index contributed by atoms with van der Waals surface area (Å²) in [5.74, 6) is -1.82. The third-order valence-corrected chi connectivity index (χ3v) is 6.28. The van der Waals surface area contributed by atoms with Crippen LogP contribution in [0.25, 0.3) is 10.7 Å². The number of carbonyl (C=O) groups is 2. The fourth-order valence-corrected chi connectivity index (χ4v) is 4.32. The van der Waals surface area contributed by atoms with Gasteiger partial charge in [-0.3, -0.25) is 29.8 Å².